The summed E-state index contributed by atoms with van der Waals surface area (Å²) in [5, 5.41) is 3.47. The van der Waals surface area contributed by atoms with Crippen molar-refractivity contribution in [1.29, 1.82) is 0 Å². The monoisotopic (exact) mass is 288 g/mol. The molecule has 1 aromatic carbocycles. The van der Waals surface area contributed by atoms with Crippen molar-refractivity contribution in [3.63, 3.8) is 0 Å². The van der Waals surface area contributed by atoms with Crippen LogP contribution in [0.15, 0.2) is 24.3 Å². The van der Waals surface area contributed by atoms with Crippen molar-refractivity contribution in [2.45, 2.75) is 32.2 Å². The molecule has 2 fully saturated rings. The summed E-state index contributed by atoms with van der Waals surface area (Å²) >= 11 is 0. The van der Waals surface area contributed by atoms with E-state index in [1.165, 1.54) is 12.8 Å². The van der Waals surface area contributed by atoms with E-state index < -0.39 is 0 Å². The highest BCUT2D eigenvalue weighted by Crippen LogP contribution is 2.28. The lowest BCUT2D eigenvalue weighted by Gasteiger charge is -2.17. The van der Waals surface area contributed by atoms with E-state index in [0.717, 1.165) is 56.3 Å². The van der Waals surface area contributed by atoms with Crippen LogP contribution in [-0.2, 0) is 11.3 Å². The summed E-state index contributed by atoms with van der Waals surface area (Å²) in [7, 11) is 0. The third kappa shape index (κ3) is 4.21. The predicted molar refractivity (Wildman–Crippen MR) is 82.2 cm³/mol. The molecule has 0 aromatic heterocycles. The number of hydrogen-bond donors (Lipinski definition) is 1. The fourth-order valence-corrected chi connectivity index (χ4v) is 2.72. The summed E-state index contributed by atoms with van der Waals surface area (Å²) in [4.78, 5) is 13.9. The minimum Gasteiger partial charge on any atom is -0.483 e. The Morgan fingerprint density at radius 1 is 1.24 bits per heavy atom. The molecule has 0 radical (unpaired) electrons. The van der Waals surface area contributed by atoms with Gasteiger partial charge in [-0.25, -0.2) is 0 Å². The topological polar surface area (TPSA) is 41.6 Å². The number of carbonyl (C=O) groups excluding carboxylic acids is 1. The van der Waals surface area contributed by atoms with Gasteiger partial charge in [-0.2, -0.15) is 0 Å². The fourth-order valence-electron chi connectivity index (χ4n) is 2.72. The smallest absolute Gasteiger partial charge is 0.260 e. The van der Waals surface area contributed by atoms with Crippen LogP contribution < -0.4 is 10.1 Å². The highest BCUT2D eigenvalue weighted by Gasteiger charge is 2.21. The highest BCUT2D eigenvalue weighted by atomic mass is 16.5. The molecule has 1 aliphatic heterocycles. The average Bonchev–Trinajstić information content (AvgIpc) is 3.16. The second-order valence-corrected chi connectivity index (χ2v) is 6.06. The van der Waals surface area contributed by atoms with Crippen molar-refractivity contribution in [2.24, 2.45) is 5.92 Å². The van der Waals surface area contributed by atoms with Gasteiger partial charge in [0.1, 0.15) is 5.75 Å². The van der Waals surface area contributed by atoms with Gasteiger partial charge in [-0.1, -0.05) is 18.2 Å². The molecule has 4 heteroatoms. The van der Waals surface area contributed by atoms with Gasteiger partial charge in [-0.05, 0) is 44.2 Å². The molecule has 0 spiro atoms. The van der Waals surface area contributed by atoms with Crippen LogP contribution in [0, 0.1) is 5.92 Å². The number of para-hydroxylation sites is 1. The molecule has 1 aliphatic carbocycles. The first-order valence-corrected chi connectivity index (χ1v) is 8.02. The molecule has 0 bridgehead atoms. The zero-order chi connectivity index (χ0) is 14.5. The molecule has 0 unspecified atom stereocenters. The number of benzene rings is 1. The summed E-state index contributed by atoms with van der Waals surface area (Å²) in [6.07, 6.45) is 4.95. The van der Waals surface area contributed by atoms with Gasteiger partial charge in [0.25, 0.3) is 5.91 Å². The second kappa shape index (κ2) is 6.94. The van der Waals surface area contributed by atoms with E-state index in [1.807, 2.05) is 23.1 Å². The summed E-state index contributed by atoms with van der Waals surface area (Å²) in [5.74, 6) is 1.80. The molecular weight excluding hydrogens is 264 g/mol. The van der Waals surface area contributed by atoms with E-state index in [2.05, 4.69) is 11.4 Å². The van der Waals surface area contributed by atoms with Gasteiger partial charge in [-0.3, -0.25) is 4.79 Å². The van der Waals surface area contributed by atoms with Crippen LogP contribution in [0.25, 0.3) is 0 Å². The Morgan fingerprint density at radius 3 is 2.76 bits per heavy atom. The van der Waals surface area contributed by atoms with Gasteiger partial charge in [0.2, 0.25) is 0 Å². The Balaban J connectivity index is 1.49. The third-order valence-electron chi connectivity index (χ3n) is 4.23. The third-order valence-corrected chi connectivity index (χ3v) is 4.23. The van der Waals surface area contributed by atoms with E-state index in [-0.39, 0.29) is 12.5 Å². The molecule has 21 heavy (non-hydrogen) atoms. The quantitative estimate of drug-likeness (QED) is 0.836. The summed E-state index contributed by atoms with van der Waals surface area (Å²) in [6, 6.07) is 7.99. The molecule has 1 N–H and O–H groups in total. The largest absolute Gasteiger partial charge is 0.483 e. The van der Waals surface area contributed by atoms with E-state index in [4.69, 9.17) is 4.74 Å². The number of amides is 1. The Hall–Kier alpha value is -1.55. The van der Waals surface area contributed by atoms with Crippen LogP contribution in [-0.4, -0.2) is 37.0 Å². The highest BCUT2D eigenvalue weighted by molar-refractivity contribution is 5.78. The maximum Gasteiger partial charge on any atom is 0.260 e. The molecule has 114 valence electrons. The zero-order valence-corrected chi connectivity index (χ0v) is 12.5. The SMILES string of the molecule is O=C(COc1ccccc1CNCC1CC1)N1CCCC1. The fraction of sp³-hybridized carbons (Fsp3) is 0.588. The molecule has 1 saturated heterocycles. The van der Waals surface area contributed by atoms with Crippen LogP contribution in [0.2, 0.25) is 0 Å². The maximum absolute atomic E-state index is 12.0. The molecule has 1 amide bonds. The van der Waals surface area contributed by atoms with Gasteiger partial charge in [0.15, 0.2) is 6.61 Å². The van der Waals surface area contributed by atoms with Gasteiger partial charge < -0.3 is 15.0 Å². The molecule has 4 nitrogen and oxygen atoms in total. The maximum atomic E-state index is 12.0. The minimum atomic E-state index is 0.105. The van der Waals surface area contributed by atoms with Crippen LogP contribution in [0.4, 0.5) is 0 Å². The van der Waals surface area contributed by atoms with Crippen LogP contribution in [0.5, 0.6) is 5.75 Å². The van der Waals surface area contributed by atoms with Crippen LogP contribution >= 0.6 is 0 Å². The Morgan fingerprint density at radius 2 is 2.00 bits per heavy atom. The molecule has 1 heterocycles. The summed E-state index contributed by atoms with van der Waals surface area (Å²) in [6.45, 7) is 3.81. The standard InChI is InChI=1S/C17H24N2O2/c20-17(19-9-3-4-10-19)13-21-16-6-2-1-5-15(16)12-18-11-14-7-8-14/h1-2,5-6,14,18H,3-4,7-13H2. The lowest BCUT2D eigenvalue weighted by atomic mass is 10.2. The summed E-state index contributed by atoms with van der Waals surface area (Å²) < 4.78 is 5.75. The van der Waals surface area contributed by atoms with E-state index in [1.54, 1.807) is 0 Å². The van der Waals surface area contributed by atoms with Gasteiger partial charge in [-0.15, -0.1) is 0 Å². The summed E-state index contributed by atoms with van der Waals surface area (Å²) in [5.41, 5.74) is 1.13. The number of hydrogen-bond acceptors (Lipinski definition) is 3. The van der Waals surface area contributed by atoms with Crippen molar-refractivity contribution in [3.8, 4) is 5.75 Å². The number of likely N-dealkylation sites (tertiary alicyclic amines) is 1. The first-order chi connectivity index (χ1) is 10.3. The molecule has 1 aromatic rings. The normalized spacial score (nSPS) is 18.0. The molecule has 3 rings (SSSR count). The molecular formula is C17H24N2O2. The van der Waals surface area contributed by atoms with E-state index in [9.17, 15) is 4.79 Å². The van der Waals surface area contributed by atoms with E-state index >= 15 is 0 Å². The first kappa shape index (κ1) is 14.4. The van der Waals surface area contributed by atoms with Crippen LogP contribution in [0.1, 0.15) is 31.2 Å². The van der Waals surface area contributed by atoms with Crippen molar-refractivity contribution < 1.29 is 9.53 Å². The molecule has 1 saturated carbocycles. The number of carbonyl (C=O) groups is 1. The zero-order valence-electron chi connectivity index (χ0n) is 12.5. The second-order valence-electron chi connectivity index (χ2n) is 6.06. The van der Waals surface area contributed by atoms with Gasteiger partial charge in [0, 0.05) is 25.2 Å². The predicted octanol–water partition coefficient (Wildman–Crippen LogP) is 2.19. The Bertz CT molecular complexity index is 479. The minimum absolute atomic E-state index is 0.105. The van der Waals surface area contributed by atoms with Crippen molar-refractivity contribution >= 4 is 5.91 Å². The first-order valence-electron chi connectivity index (χ1n) is 8.02. The lowest BCUT2D eigenvalue weighted by molar-refractivity contribution is -0.132. The van der Waals surface area contributed by atoms with Crippen molar-refractivity contribution in [2.75, 3.05) is 26.2 Å². The van der Waals surface area contributed by atoms with E-state index in [0.29, 0.717) is 0 Å². The molecule has 0 atom stereocenters. The number of rotatable bonds is 7. The number of ether oxygens (including phenoxy) is 1. The lowest BCUT2D eigenvalue weighted by Crippen LogP contribution is -2.32. The van der Waals surface area contributed by atoms with Crippen LogP contribution in [0.3, 0.4) is 0 Å². The van der Waals surface area contributed by atoms with Crippen molar-refractivity contribution in [1.82, 2.24) is 10.2 Å². The Kier molecular flexibility index (Phi) is 4.76. The number of nitrogens with zero attached hydrogens (tertiary/aromatic N) is 1. The van der Waals surface area contributed by atoms with Crippen molar-refractivity contribution in [3.05, 3.63) is 29.8 Å². The molecule has 2 aliphatic rings. The van der Waals surface area contributed by atoms with Gasteiger partial charge in [0.05, 0.1) is 0 Å². The number of nitrogens with one attached hydrogen (secondary N) is 1. The average molecular weight is 288 g/mol. The Labute approximate surface area is 126 Å². The van der Waals surface area contributed by atoms with Gasteiger partial charge >= 0.3 is 0 Å².